The molecule has 0 aliphatic rings. The number of hydrogen-bond donors (Lipinski definition) is 1. The molecule has 0 amide bonds. The van der Waals surface area contributed by atoms with E-state index in [1.807, 2.05) is 30.6 Å². The van der Waals surface area contributed by atoms with Gasteiger partial charge in [-0.1, -0.05) is 0 Å². The summed E-state index contributed by atoms with van der Waals surface area (Å²) in [7, 11) is 7.19. The number of esters is 1. The smallest absolute Gasteiger partial charge is 0.319 e. The molecule has 0 aliphatic heterocycles. The summed E-state index contributed by atoms with van der Waals surface area (Å²) in [6.07, 6.45) is 1.79. The summed E-state index contributed by atoms with van der Waals surface area (Å²) in [5.41, 5.74) is 1.02. The maximum Gasteiger partial charge on any atom is 0.319 e. The fraction of sp³-hybridized carbons (Fsp3) is 0.600. The van der Waals surface area contributed by atoms with E-state index < -0.39 is 0 Å². The average molecular weight is 226 g/mol. The van der Waals surface area contributed by atoms with Crippen molar-refractivity contribution in [3.8, 4) is 0 Å². The molecule has 90 valence electrons. The molecule has 0 fully saturated rings. The molecule has 16 heavy (non-hydrogen) atoms. The number of rotatable bonds is 5. The molecule has 1 rings (SSSR count). The number of carbonyl (C=O) groups is 1. The molecule has 0 atom stereocenters. The van der Waals surface area contributed by atoms with E-state index in [9.17, 15) is 4.79 Å². The van der Waals surface area contributed by atoms with Crippen LogP contribution in [0.5, 0.6) is 0 Å². The minimum atomic E-state index is -0.269. The van der Waals surface area contributed by atoms with Gasteiger partial charge in [0, 0.05) is 27.7 Å². The van der Waals surface area contributed by atoms with Gasteiger partial charge in [-0.2, -0.15) is 0 Å². The van der Waals surface area contributed by atoms with Gasteiger partial charge in [0.15, 0.2) is 0 Å². The highest BCUT2D eigenvalue weighted by Gasteiger charge is 2.08. The monoisotopic (exact) mass is 226 g/mol. The van der Waals surface area contributed by atoms with Crippen LogP contribution < -0.4 is 10.2 Å². The number of nitrogens with zero attached hydrogens (tertiary/aromatic N) is 3. The number of aromatic nitrogens is 2. The summed E-state index contributed by atoms with van der Waals surface area (Å²) in [6.45, 7) is 0.797. The summed E-state index contributed by atoms with van der Waals surface area (Å²) in [5.74, 6) is 0.616. The quantitative estimate of drug-likeness (QED) is 0.701. The molecule has 6 nitrogen and oxygen atoms in total. The first-order valence-corrected chi connectivity index (χ1v) is 5.01. The van der Waals surface area contributed by atoms with Crippen LogP contribution in [-0.4, -0.2) is 43.3 Å². The topological polar surface area (TPSA) is 59.4 Å². The Labute approximate surface area is 95.2 Å². The lowest BCUT2D eigenvalue weighted by Crippen LogP contribution is -2.24. The number of methoxy groups -OCH3 is 1. The van der Waals surface area contributed by atoms with E-state index in [2.05, 4.69) is 15.0 Å². The fourth-order valence-corrected chi connectivity index (χ4v) is 1.38. The van der Waals surface area contributed by atoms with Gasteiger partial charge in [0.05, 0.1) is 25.5 Å². The zero-order chi connectivity index (χ0) is 12.1. The number of carbonyl (C=O) groups excluding carboxylic acids is 1. The number of anilines is 1. The van der Waals surface area contributed by atoms with Crippen LogP contribution in [-0.2, 0) is 23.1 Å². The molecule has 0 saturated carbocycles. The Morgan fingerprint density at radius 1 is 1.62 bits per heavy atom. The third-order valence-corrected chi connectivity index (χ3v) is 2.26. The van der Waals surface area contributed by atoms with E-state index >= 15 is 0 Å². The van der Waals surface area contributed by atoms with Crippen molar-refractivity contribution < 1.29 is 9.53 Å². The van der Waals surface area contributed by atoms with Crippen molar-refractivity contribution in [3.63, 3.8) is 0 Å². The van der Waals surface area contributed by atoms with Gasteiger partial charge in [0.2, 0.25) is 5.95 Å². The minimum Gasteiger partial charge on any atom is -0.468 e. The van der Waals surface area contributed by atoms with Crippen LogP contribution in [0.1, 0.15) is 5.69 Å². The largest absolute Gasteiger partial charge is 0.468 e. The van der Waals surface area contributed by atoms with E-state index in [1.165, 1.54) is 7.11 Å². The summed E-state index contributed by atoms with van der Waals surface area (Å²) in [4.78, 5) is 17.1. The van der Waals surface area contributed by atoms with Crippen LogP contribution in [0.25, 0.3) is 0 Å². The molecular weight excluding hydrogens is 208 g/mol. The zero-order valence-corrected chi connectivity index (χ0v) is 10.1. The summed E-state index contributed by atoms with van der Waals surface area (Å²) in [5, 5.41) is 2.99. The molecule has 0 aromatic carbocycles. The van der Waals surface area contributed by atoms with Gasteiger partial charge in [0.25, 0.3) is 0 Å². The van der Waals surface area contributed by atoms with Crippen LogP contribution in [0.3, 0.4) is 0 Å². The second-order valence-corrected chi connectivity index (χ2v) is 3.68. The Hall–Kier alpha value is -1.56. The fourth-order valence-electron chi connectivity index (χ4n) is 1.38. The van der Waals surface area contributed by atoms with Crippen molar-refractivity contribution in [1.29, 1.82) is 0 Å². The van der Waals surface area contributed by atoms with Crippen LogP contribution in [0, 0.1) is 0 Å². The average Bonchev–Trinajstić information content (AvgIpc) is 2.60. The summed E-state index contributed by atoms with van der Waals surface area (Å²) < 4.78 is 6.51. The second kappa shape index (κ2) is 5.50. The van der Waals surface area contributed by atoms with Gasteiger partial charge >= 0.3 is 5.97 Å². The van der Waals surface area contributed by atoms with E-state index in [-0.39, 0.29) is 12.5 Å². The molecule has 1 heterocycles. The van der Waals surface area contributed by atoms with Gasteiger partial charge in [0.1, 0.15) is 0 Å². The number of ether oxygens (including phenoxy) is 1. The molecule has 1 N–H and O–H groups in total. The predicted octanol–water partition coefficient (Wildman–Crippen LogP) is -0.251. The Kier molecular flexibility index (Phi) is 4.30. The van der Waals surface area contributed by atoms with Crippen LogP contribution in [0.4, 0.5) is 5.95 Å². The van der Waals surface area contributed by atoms with Crippen molar-refractivity contribution in [2.45, 2.75) is 6.54 Å². The molecule has 0 saturated heterocycles. The molecule has 0 unspecified atom stereocenters. The lowest BCUT2D eigenvalue weighted by Gasteiger charge is -2.12. The molecule has 1 aromatic rings. The molecule has 6 heteroatoms. The zero-order valence-electron chi connectivity index (χ0n) is 10.1. The Morgan fingerprint density at radius 2 is 2.31 bits per heavy atom. The van der Waals surface area contributed by atoms with Crippen molar-refractivity contribution in [2.75, 3.05) is 32.6 Å². The number of imidazole rings is 1. The normalized spacial score (nSPS) is 10.2. The first kappa shape index (κ1) is 12.5. The van der Waals surface area contributed by atoms with Gasteiger partial charge in [-0.25, -0.2) is 4.98 Å². The van der Waals surface area contributed by atoms with Crippen molar-refractivity contribution in [3.05, 3.63) is 11.9 Å². The van der Waals surface area contributed by atoms with Crippen LogP contribution in [0.15, 0.2) is 6.20 Å². The van der Waals surface area contributed by atoms with Gasteiger partial charge < -0.3 is 19.5 Å². The highest BCUT2D eigenvalue weighted by atomic mass is 16.5. The Balaban J connectivity index is 2.52. The Bertz CT molecular complexity index is 360. The van der Waals surface area contributed by atoms with Gasteiger partial charge in [-0.05, 0) is 0 Å². The molecule has 0 bridgehead atoms. The molecule has 1 aromatic heterocycles. The SMILES string of the molecule is COC(=O)CNCc1cnc(N(C)C)n1C. The van der Waals surface area contributed by atoms with E-state index in [4.69, 9.17) is 0 Å². The lowest BCUT2D eigenvalue weighted by molar-refractivity contribution is -0.139. The first-order valence-electron chi connectivity index (χ1n) is 5.01. The van der Waals surface area contributed by atoms with E-state index in [0.717, 1.165) is 11.6 Å². The predicted molar refractivity (Wildman–Crippen MR) is 61.3 cm³/mol. The van der Waals surface area contributed by atoms with Gasteiger partial charge in [-0.15, -0.1) is 0 Å². The lowest BCUT2D eigenvalue weighted by atomic mass is 10.4. The highest BCUT2D eigenvalue weighted by molar-refractivity contribution is 5.71. The van der Waals surface area contributed by atoms with Crippen molar-refractivity contribution >= 4 is 11.9 Å². The molecule has 0 aliphatic carbocycles. The van der Waals surface area contributed by atoms with Gasteiger partial charge in [-0.3, -0.25) is 4.79 Å². The standard InChI is InChI=1S/C10H18N4O2/c1-13(2)10-12-6-8(14(10)3)5-11-7-9(15)16-4/h6,11H,5,7H2,1-4H3. The second-order valence-electron chi connectivity index (χ2n) is 3.68. The maximum absolute atomic E-state index is 10.9. The van der Waals surface area contributed by atoms with Crippen molar-refractivity contribution in [2.24, 2.45) is 7.05 Å². The number of nitrogens with one attached hydrogen (secondary N) is 1. The maximum atomic E-state index is 10.9. The minimum absolute atomic E-state index is 0.207. The first-order chi connectivity index (χ1) is 7.56. The van der Waals surface area contributed by atoms with E-state index in [1.54, 1.807) is 6.20 Å². The van der Waals surface area contributed by atoms with Crippen LogP contribution >= 0.6 is 0 Å². The third kappa shape index (κ3) is 2.96. The highest BCUT2D eigenvalue weighted by Crippen LogP contribution is 2.10. The van der Waals surface area contributed by atoms with E-state index in [0.29, 0.717) is 6.54 Å². The summed E-state index contributed by atoms with van der Waals surface area (Å²) in [6, 6.07) is 0. The molecule has 0 spiro atoms. The third-order valence-electron chi connectivity index (χ3n) is 2.26. The molecular formula is C10H18N4O2. The molecule has 0 radical (unpaired) electrons. The van der Waals surface area contributed by atoms with Crippen LogP contribution in [0.2, 0.25) is 0 Å². The van der Waals surface area contributed by atoms with Crippen molar-refractivity contribution in [1.82, 2.24) is 14.9 Å². The summed E-state index contributed by atoms with van der Waals surface area (Å²) >= 11 is 0. The number of hydrogen-bond acceptors (Lipinski definition) is 5. The Morgan fingerprint density at radius 3 is 2.81 bits per heavy atom.